The van der Waals surface area contributed by atoms with E-state index in [2.05, 4.69) is 15.9 Å². The quantitative estimate of drug-likeness (QED) is 0.753. The zero-order valence-corrected chi connectivity index (χ0v) is 12.4. The zero-order chi connectivity index (χ0) is 14.0. The number of carbonyl (C=O) groups is 1. The molecular weight excluding hydrogens is 307 g/mol. The van der Waals surface area contributed by atoms with Crippen LogP contribution in [0.5, 0.6) is 0 Å². The Labute approximate surface area is 120 Å². The van der Waals surface area contributed by atoms with Crippen molar-refractivity contribution in [2.45, 2.75) is 20.3 Å². The molecule has 0 aliphatic heterocycles. The van der Waals surface area contributed by atoms with Gasteiger partial charge in [-0.25, -0.2) is 4.39 Å². The van der Waals surface area contributed by atoms with Crippen molar-refractivity contribution in [3.63, 3.8) is 0 Å². The lowest BCUT2D eigenvalue weighted by molar-refractivity contribution is 0.0992. The van der Waals surface area contributed by atoms with Crippen LogP contribution in [0.25, 0.3) is 0 Å². The van der Waals surface area contributed by atoms with Crippen LogP contribution in [0.15, 0.2) is 40.9 Å². The molecule has 2 rings (SSSR count). The van der Waals surface area contributed by atoms with Gasteiger partial charge in [-0.1, -0.05) is 24.3 Å². The van der Waals surface area contributed by atoms with Crippen molar-refractivity contribution < 1.29 is 9.18 Å². The molecule has 98 valence electrons. The maximum atomic E-state index is 13.2. The third-order valence-corrected chi connectivity index (χ3v) is 3.72. The summed E-state index contributed by atoms with van der Waals surface area (Å²) in [4.78, 5) is 12.3. The molecule has 19 heavy (non-hydrogen) atoms. The fraction of sp³-hybridized carbons (Fsp3) is 0.188. The van der Waals surface area contributed by atoms with Crippen LogP contribution in [0.2, 0.25) is 0 Å². The van der Waals surface area contributed by atoms with E-state index in [0.29, 0.717) is 4.47 Å². The van der Waals surface area contributed by atoms with Gasteiger partial charge in [0.05, 0.1) is 4.47 Å². The van der Waals surface area contributed by atoms with Crippen molar-refractivity contribution >= 4 is 21.7 Å². The van der Waals surface area contributed by atoms with Crippen molar-refractivity contribution in [3.8, 4) is 0 Å². The number of halogens is 2. The van der Waals surface area contributed by atoms with Gasteiger partial charge in [0, 0.05) is 12.0 Å². The van der Waals surface area contributed by atoms with E-state index in [1.165, 1.54) is 6.07 Å². The second-order valence-corrected chi connectivity index (χ2v) is 5.47. The van der Waals surface area contributed by atoms with Crippen LogP contribution in [0.4, 0.5) is 4.39 Å². The van der Waals surface area contributed by atoms with E-state index < -0.39 is 0 Å². The molecule has 0 aliphatic rings. The van der Waals surface area contributed by atoms with E-state index in [1.54, 1.807) is 12.1 Å². The third-order valence-electron chi connectivity index (χ3n) is 3.11. The number of Topliss-reactive ketones (excluding diaryl/α,β-unsaturated/α-hetero) is 1. The summed E-state index contributed by atoms with van der Waals surface area (Å²) in [5, 5.41) is 0. The minimum Gasteiger partial charge on any atom is -0.294 e. The normalized spacial score (nSPS) is 10.5. The van der Waals surface area contributed by atoms with Gasteiger partial charge in [-0.05, 0) is 58.6 Å². The topological polar surface area (TPSA) is 17.1 Å². The van der Waals surface area contributed by atoms with Crippen molar-refractivity contribution in [2.24, 2.45) is 0 Å². The highest BCUT2D eigenvalue weighted by Crippen LogP contribution is 2.20. The minimum absolute atomic E-state index is 0.0640. The smallest absolute Gasteiger partial charge is 0.167 e. The number of hydrogen-bond acceptors (Lipinski definition) is 1. The van der Waals surface area contributed by atoms with E-state index in [9.17, 15) is 9.18 Å². The number of aryl methyl sites for hydroxylation is 2. The molecule has 0 bridgehead atoms. The van der Waals surface area contributed by atoms with Crippen molar-refractivity contribution in [2.75, 3.05) is 0 Å². The zero-order valence-electron chi connectivity index (χ0n) is 10.8. The first-order chi connectivity index (χ1) is 8.99. The molecule has 0 aliphatic carbocycles. The molecule has 0 N–H and O–H groups in total. The predicted octanol–water partition coefficient (Wildman–Crippen LogP) is 4.63. The van der Waals surface area contributed by atoms with Gasteiger partial charge < -0.3 is 0 Å². The summed E-state index contributed by atoms with van der Waals surface area (Å²) in [6.45, 7) is 3.86. The van der Waals surface area contributed by atoms with Gasteiger partial charge in [-0.2, -0.15) is 0 Å². The van der Waals surface area contributed by atoms with Gasteiger partial charge in [-0.3, -0.25) is 4.79 Å². The Morgan fingerprint density at radius 1 is 1.16 bits per heavy atom. The molecule has 2 aromatic rings. The molecule has 0 amide bonds. The monoisotopic (exact) mass is 320 g/mol. The molecule has 0 atom stereocenters. The molecule has 0 saturated heterocycles. The Morgan fingerprint density at radius 3 is 2.37 bits per heavy atom. The molecule has 0 spiro atoms. The highest BCUT2D eigenvalue weighted by molar-refractivity contribution is 9.10. The Bertz CT molecular complexity index is 614. The van der Waals surface area contributed by atoms with Gasteiger partial charge >= 0.3 is 0 Å². The maximum Gasteiger partial charge on any atom is 0.167 e. The highest BCUT2D eigenvalue weighted by Gasteiger charge is 2.13. The summed E-state index contributed by atoms with van der Waals surface area (Å²) < 4.78 is 13.5. The van der Waals surface area contributed by atoms with Gasteiger partial charge in [0.15, 0.2) is 5.78 Å². The molecule has 2 aromatic carbocycles. The maximum absolute atomic E-state index is 13.2. The summed E-state index contributed by atoms with van der Waals surface area (Å²) in [6.07, 6.45) is 0.282. The average Bonchev–Trinajstić information content (AvgIpc) is 2.33. The molecule has 0 fully saturated rings. The summed E-state index contributed by atoms with van der Waals surface area (Å²) in [5.74, 6) is -0.252. The van der Waals surface area contributed by atoms with Gasteiger partial charge in [-0.15, -0.1) is 0 Å². The molecule has 0 saturated carbocycles. The first-order valence-corrected chi connectivity index (χ1v) is 6.81. The van der Waals surface area contributed by atoms with Crippen LogP contribution in [0.1, 0.15) is 27.0 Å². The van der Waals surface area contributed by atoms with Crippen LogP contribution in [-0.2, 0) is 6.42 Å². The van der Waals surface area contributed by atoms with Gasteiger partial charge in [0.2, 0.25) is 0 Å². The number of benzene rings is 2. The highest BCUT2D eigenvalue weighted by atomic mass is 79.9. The largest absolute Gasteiger partial charge is 0.294 e. The SMILES string of the molecule is Cc1cccc(C)c1C(=O)Cc1ccc(F)c(Br)c1. The van der Waals surface area contributed by atoms with Crippen molar-refractivity contribution in [1.29, 1.82) is 0 Å². The van der Waals surface area contributed by atoms with Gasteiger partial charge in [0.1, 0.15) is 5.82 Å². The summed E-state index contributed by atoms with van der Waals surface area (Å²) >= 11 is 3.13. The lowest BCUT2D eigenvalue weighted by Gasteiger charge is -2.09. The fourth-order valence-electron chi connectivity index (χ4n) is 2.18. The summed E-state index contributed by atoms with van der Waals surface area (Å²) in [6, 6.07) is 10.5. The summed E-state index contributed by atoms with van der Waals surface area (Å²) in [7, 11) is 0. The first-order valence-electron chi connectivity index (χ1n) is 6.02. The van der Waals surface area contributed by atoms with Crippen LogP contribution in [-0.4, -0.2) is 5.78 Å². The van der Waals surface area contributed by atoms with Gasteiger partial charge in [0.25, 0.3) is 0 Å². The van der Waals surface area contributed by atoms with E-state index in [0.717, 1.165) is 22.3 Å². The number of ketones is 1. The third kappa shape index (κ3) is 3.10. The standard InChI is InChI=1S/C16H14BrFO/c1-10-4-3-5-11(2)16(10)15(19)9-12-6-7-14(18)13(17)8-12/h3-8H,9H2,1-2H3. The van der Waals surface area contributed by atoms with Crippen molar-refractivity contribution in [1.82, 2.24) is 0 Å². The molecule has 1 nitrogen and oxygen atoms in total. The molecule has 0 radical (unpaired) electrons. The number of rotatable bonds is 3. The summed E-state index contributed by atoms with van der Waals surface area (Å²) in [5.41, 5.74) is 3.53. The van der Waals surface area contributed by atoms with E-state index >= 15 is 0 Å². The Balaban J connectivity index is 2.28. The minimum atomic E-state index is -0.316. The second kappa shape index (κ2) is 5.66. The Hall–Kier alpha value is -1.48. The number of hydrogen-bond donors (Lipinski definition) is 0. The van der Waals surface area contributed by atoms with E-state index in [-0.39, 0.29) is 18.0 Å². The lowest BCUT2D eigenvalue weighted by atomic mass is 9.95. The molecule has 0 unspecified atom stereocenters. The van der Waals surface area contributed by atoms with E-state index in [4.69, 9.17) is 0 Å². The second-order valence-electron chi connectivity index (χ2n) is 4.62. The average molecular weight is 321 g/mol. The van der Waals surface area contributed by atoms with Crippen molar-refractivity contribution in [3.05, 3.63) is 68.9 Å². The van der Waals surface area contributed by atoms with Crippen LogP contribution in [0.3, 0.4) is 0 Å². The van der Waals surface area contributed by atoms with Crippen LogP contribution >= 0.6 is 15.9 Å². The van der Waals surface area contributed by atoms with E-state index in [1.807, 2.05) is 32.0 Å². The number of carbonyl (C=O) groups excluding carboxylic acids is 1. The Kier molecular flexibility index (Phi) is 4.15. The molecule has 0 heterocycles. The van der Waals surface area contributed by atoms with Crippen LogP contribution in [0, 0.1) is 19.7 Å². The van der Waals surface area contributed by atoms with Crippen LogP contribution < -0.4 is 0 Å². The molecule has 3 heteroatoms. The molecular formula is C16H14BrFO. The Morgan fingerprint density at radius 2 is 1.79 bits per heavy atom. The lowest BCUT2D eigenvalue weighted by Crippen LogP contribution is -2.08. The molecule has 0 aromatic heterocycles. The predicted molar refractivity (Wildman–Crippen MR) is 78.1 cm³/mol. The first kappa shape index (κ1) is 13.9. The fourth-order valence-corrected chi connectivity index (χ4v) is 2.60.